The molecule has 8 nitrogen and oxygen atoms in total. The molecule has 0 bridgehead atoms. The van der Waals surface area contributed by atoms with Gasteiger partial charge in [0.15, 0.2) is 0 Å². The van der Waals surface area contributed by atoms with E-state index in [1.807, 2.05) is 56.4 Å². The quantitative estimate of drug-likeness (QED) is 0.141. The number of fused-ring (bicyclic) bond motifs is 3. The third-order valence-electron chi connectivity index (χ3n) is 9.64. The molecule has 0 N–H and O–H groups in total. The predicted octanol–water partition coefficient (Wildman–Crippen LogP) is 10.2. The van der Waals surface area contributed by atoms with Crippen molar-refractivity contribution in [1.29, 1.82) is 0 Å². The second-order valence-electron chi connectivity index (χ2n) is 14.4. The van der Waals surface area contributed by atoms with E-state index in [9.17, 15) is 8.42 Å². The summed E-state index contributed by atoms with van der Waals surface area (Å²) in [6.07, 6.45) is 5.48. The Morgan fingerprint density at radius 3 is 2.22 bits per heavy atom. The van der Waals surface area contributed by atoms with Crippen molar-refractivity contribution in [2.45, 2.75) is 49.8 Å². The molecule has 3 heterocycles. The minimum Gasteiger partial charge on any atom is -0.509 e. The molecule has 0 atom stereocenters. The number of rotatable bonds is 8. The third kappa shape index (κ3) is 7.10. The molecule has 8 rings (SSSR count). The van der Waals surface area contributed by atoms with Gasteiger partial charge in [0, 0.05) is 41.0 Å². The van der Waals surface area contributed by atoms with Gasteiger partial charge in [0.2, 0.25) is 9.84 Å². The molecule has 0 unspecified atom stereocenters. The monoisotopic (exact) mass is 925 g/mol. The summed E-state index contributed by atoms with van der Waals surface area (Å²) in [4.78, 5) is 5.20. The molecule has 0 aliphatic carbocycles. The standard InChI is InChI=1S/C45H38N4O4S.Pt/c1-29-20-38(54(50,51)37-12-8-7-9-13-37)21-30(2)44(29)31-27-47-48(28-31)33-22-32(45(3,4)5)23-36(24-33)53-35-16-17-40-39-14-10-11-15-41(39)49(42(40)25-35)43-26-34(52-6)18-19-46-43;/h7-23,26-28H,1-6H3;/q-2;+2. The fourth-order valence-electron chi connectivity index (χ4n) is 6.93. The summed E-state index contributed by atoms with van der Waals surface area (Å²) in [5.41, 5.74) is 6.85. The summed E-state index contributed by atoms with van der Waals surface area (Å²) in [6.45, 7) is 10.3. The van der Waals surface area contributed by atoms with Crippen LogP contribution in [-0.2, 0) is 36.3 Å². The summed E-state index contributed by atoms with van der Waals surface area (Å²) >= 11 is 0. The Kier molecular flexibility index (Phi) is 10.1. The van der Waals surface area contributed by atoms with Gasteiger partial charge in [0.25, 0.3) is 0 Å². The molecule has 0 saturated carbocycles. The van der Waals surface area contributed by atoms with Crippen molar-refractivity contribution in [2.75, 3.05) is 7.11 Å². The van der Waals surface area contributed by atoms with E-state index < -0.39 is 9.84 Å². The molecule has 5 aromatic carbocycles. The number of pyridine rings is 1. The van der Waals surface area contributed by atoms with Crippen molar-refractivity contribution in [2.24, 2.45) is 0 Å². The van der Waals surface area contributed by atoms with Crippen LogP contribution < -0.4 is 9.47 Å². The van der Waals surface area contributed by atoms with Crippen molar-refractivity contribution >= 4 is 31.6 Å². The molecule has 0 saturated heterocycles. The number of ether oxygens (including phenoxy) is 2. The van der Waals surface area contributed by atoms with Gasteiger partial charge in [-0.25, -0.2) is 13.4 Å². The number of aryl methyl sites for hydroxylation is 2. The third-order valence-corrected chi connectivity index (χ3v) is 11.4. The molecule has 0 spiro atoms. The first-order valence-corrected chi connectivity index (χ1v) is 19.1. The predicted molar refractivity (Wildman–Crippen MR) is 212 cm³/mol. The molecule has 3 aromatic heterocycles. The SMILES string of the molecule is COc1ccnc(-n2c3[c-]c(Oc4[c-]c(-n5cc(-c6c(C)cc(S(=O)(=O)c7ccccc7)cc6C)cn5)cc(C(C)(C)C)c4)ccc3c3ccccc32)c1.[Pt+2]. The van der Waals surface area contributed by atoms with Crippen LogP contribution in [0.3, 0.4) is 0 Å². The van der Waals surface area contributed by atoms with Gasteiger partial charge in [-0.15, -0.1) is 41.3 Å². The van der Waals surface area contributed by atoms with E-state index in [2.05, 4.69) is 66.7 Å². The molecule has 0 aliphatic rings. The Hall–Kier alpha value is -5.50. The number of aromatic nitrogens is 4. The van der Waals surface area contributed by atoms with Crippen molar-refractivity contribution in [1.82, 2.24) is 19.3 Å². The van der Waals surface area contributed by atoms with Crippen molar-refractivity contribution in [3.05, 3.63) is 151 Å². The van der Waals surface area contributed by atoms with Crippen LogP contribution in [0.25, 0.3) is 44.4 Å². The summed E-state index contributed by atoms with van der Waals surface area (Å²) in [5.74, 6) is 2.47. The molecule has 55 heavy (non-hydrogen) atoms. The van der Waals surface area contributed by atoms with Gasteiger partial charge < -0.3 is 14.0 Å². The van der Waals surface area contributed by atoms with E-state index in [1.165, 1.54) is 0 Å². The van der Waals surface area contributed by atoms with E-state index in [1.54, 1.807) is 66.6 Å². The second kappa shape index (κ2) is 14.6. The number of hydrogen-bond donors (Lipinski definition) is 0. The average Bonchev–Trinajstić information content (AvgIpc) is 3.77. The van der Waals surface area contributed by atoms with Crippen LogP contribution in [0.5, 0.6) is 17.2 Å². The van der Waals surface area contributed by atoms with Gasteiger partial charge in [0.1, 0.15) is 11.6 Å². The van der Waals surface area contributed by atoms with Gasteiger partial charge >= 0.3 is 21.1 Å². The number of sulfone groups is 1. The van der Waals surface area contributed by atoms with E-state index in [-0.39, 0.29) is 36.3 Å². The maximum atomic E-state index is 13.4. The van der Waals surface area contributed by atoms with Crippen molar-refractivity contribution in [3.8, 4) is 39.9 Å². The Bertz CT molecular complexity index is 2800. The van der Waals surface area contributed by atoms with Gasteiger partial charge in [-0.05, 0) is 83.4 Å². The molecule has 0 fully saturated rings. The van der Waals surface area contributed by atoms with Gasteiger partial charge in [-0.2, -0.15) is 11.2 Å². The van der Waals surface area contributed by atoms with Crippen molar-refractivity contribution < 1.29 is 39.0 Å². The Morgan fingerprint density at radius 2 is 1.49 bits per heavy atom. The van der Waals surface area contributed by atoms with Gasteiger partial charge in [-0.3, -0.25) is 4.68 Å². The van der Waals surface area contributed by atoms with Crippen LogP contribution in [-0.4, -0.2) is 34.9 Å². The fourth-order valence-corrected chi connectivity index (χ4v) is 8.38. The first-order valence-electron chi connectivity index (χ1n) is 17.6. The van der Waals surface area contributed by atoms with E-state index in [0.717, 1.165) is 49.6 Å². The number of hydrogen-bond acceptors (Lipinski definition) is 6. The Labute approximate surface area is 335 Å². The van der Waals surface area contributed by atoms with Crippen LogP contribution >= 0.6 is 0 Å². The zero-order valence-corrected chi connectivity index (χ0v) is 34.3. The van der Waals surface area contributed by atoms with Gasteiger partial charge in [-0.1, -0.05) is 62.7 Å². The maximum Gasteiger partial charge on any atom is 2.00 e. The largest absolute Gasteiger partial charge is 2.00 e. The normalized spacial score (nSPS) is 11.8. The van der Waals surface area contributed by atoms with Crippen LogP contribution in [0.4, 0.5) is 0 Å². The summed E-state index contributed by atoms with van der Waals surface area (Å²) in [5, 5.41) is 6.85. The molecule has 0 aliphatic heterocycles. The summed E-state index contributed by atoms with van der Waals surface area (Å²) in [7, 11) is -2.02. The minimum atomic E-state index is -3.66. The fraction of sp³-hybridized carbons (Fsp3) is 0.156. The first kappa shape index (κ1) is 37.8. The van der Waals surface area contributed by atoms with Crippen LogP contribution in [0, 0.1) is 26.0 Å². The smallest absolute Gasteiger partial charge is 0.509 e. The molecular weight excluding hydrogens is 888 g/mol. The summed E-state index contributed by atoms with van der Waals surface area (Å²) in [6, 6.07) is 38.9. The number of para-hydroxylation sites is 1. The van der Waals surface area contributed by atoms with Crippen LogP contribution in [0.15, 0.2) is 132 Å². The molecular formula is C45H38N4O4PtS. The summed E-state index contributed by atoms with van der Waals surface area (Å²) < 4.78 is 42.8. The maximum absolute atomic E-state index is 13.4. The number of nitrogens with zero attached hydrogens (tertiary/aromatic N) is 4. The average molecular weight is 926 g/mol. The zero-order chi connectivity index (χ0) is 37.8. The second-order valence-corrected chi connectivity index (χ2v) is 16.3. The van der Waals surface area contributed by atoms with E-state index >= 15 is 0 Å². The van der Waals surface area contributed by atoms with Crippen LogP contribution in [0.2, 0.25) is 0 Å². The Balaban J connectivity index is 0.00000465. The van der Waals surface area contributed by atoms with E-state index in [4.69, 9.17) is 14.6 Å². The Morgan fingerprint density at radius 1 is 0.764 bits per heavy atom. The van der Waals surface area contributed by atoms with Gasteiger partial charge in [0.05, 0.1) is 23.1 Å². The number of benzene rings is 5. The molecule has 278 valence electrons. The zero-order valence-electron chi connectivity index (χ0n) is 31.2. The molecule has 0 radical (unpaired) electrons. The molecule has 0 amide bonds. The number of methoxy groups -OCH3 is 1. The molecule has 10 heteroatoms. The van der Waals surface area contributed by atoms with E-state index in [0.29, 0.717) is 28.8 Å². The minimum absolute atomic E-state index is 0. The topological polar surface area (TPSA) is 88.2 Å². The molecule has 8 aromatic rings. The first-order chi connectivity index (χ1) is 25.9. The van der Waals surface area contributed by atoms with Crippen molar-refractivity contribution in [3.63, 3.8) is 0 Å². The van der Waals surface area contributed by atoms with Crippen LogP contribution in [0.1, 0.15) is 37.5 Å².